The lowest BCUT2D eigenvalue weighted by atomic mass is 9.95. The fourth-order valence-electron chi connectivity index (χ4n) is 3.25. The minimum absolute atomic E-state index is 0.0327. The molecule has 0 spiro atoms. The van der Waals surface area contributed by atoms with Gasteiger partial charge in [-0.2, -0.15) is 0 Å². The van der Waals surface area contributed by atoms with Gasteiger partial charge in [-0.05, 0) is 31.2 Å². The Morgan fingerprint density at radius 2 is 1.90 bits per heavy atom. The molecule has 3 rings (SSSR count). The number of benzene rings is 1. The molecule has 0 radical (unpaired) electrons. The predicted octanol–water partition coefficient (Wildman–Crippen LogP) is 3.42. The van der Waals surface area contributed by atoms with Crippen LogP contribution in [0.1, 0.15) is 62.0 Å². The molecule has 1 aliphatic carbocycles. The number of rotatable bonds is 5. The maximum absolute atomic E-state index is 6.37. The van der Waals surface area contributed by atoms with Crippen LogP contribution >= 0.6 is 0 Å². The first-order valence-corrected chi connectivity index (χ1v) is 8.03. The minimum Gasteiger partial charge on any atom is -0.321 e. The van der Waals surface area contributed by atoms with Crippen molar-refractivity contribution in [2.75, 3.05) is 0 Å². The number of hydrogen-bond donors (Lipinski definition) is 1. The van der Waals surface area contributed by atoms with Crippen molar-refractivity contribution in [2.45, 2.75) is 57.0 Å². The molecule has 0 saturated heterocycles. The molecule has 1 aromatic heterocycles. The van der Waals surface area contributed by atoms with Crippen LogP contribution in [-0.2, 0) is 6.42 Å². The summed E-state index contributed by atoms with van der Waals surface area (Å²) in [5.41, 5.74) is 7.70. The van der Waals surface area contributed by atoms with Gasteiger partial charge in [0, 0.05) is 6.04 Å². The Hall–Kier alpha value is -1.68. The van der Waals surface area contributed by atoms with Gasteiger partial charge in [-0.15, -0.1) is 10.2 Å². The molecule has 4 nitrogen and oxygen atoms in total. The van der Waals surface area contributed by atoms with Gasteiger partial charge < -0.3 is 10.3 Å². The van der Waals surface area contributed by atoms with E-state index in [0.717, 1.165) is 18.7 Å². The van der Waals surface area contributed by atoms with E-state index in [9.17, 15) is 0 Å². The Bertz CT molecular complexity index is 543. The van der Waals surface area contributed by atoms with Crippen molar-refractivity contribution in [3.63, 3.8) is 0 Å². The van der Waals surface area contributed by atoms with Crippen molar-refractivity contribution in [3.8, 4) is 0 Å². The highest BCUT2D eigenvalue weighted by Gasteiger charge is 2.21. The van der Waals surface area contributed by atoms with Crippen molar-refractivity contribution in [1.82, 2.24) is 14.8 Å². The maximum atomic E-state index is 6.37. The standard InChI is InChI=1S/C17H24N4/c18-16(12-11-14-7-3-1-4-8-14)17-20-19-13-21(17)15-9-5-2-6-10-15/h1,3-4,7-8,13,15-16H,2,5-6,9-12,18H2/t16-/m0/s1. The van der Waals surface area contributed by atoms with Crippen LogP contribution in [0.5, 0.6) is 0 Å². The molecule has 1 aliphatic rings. The summed E-state index contributed by atoms with van der Waals surface area (Å²) in [5.74, 6) is 0.956. The van der Waals surface area contributed by atoms with E-state index in [0.29, 0.717) is 6.04 Å². The lowest BCUT2D eigenvalue weighted by Crippen LogP contribution is -2.21. The Labute approximate surface area is 126 Å². The topological polar surface area (TPSA) is 56.7 Å². The normalized spacial score (nSPS) is 17.8. The third-order valence-corrected chi connectivity index (χ3v) is 4.49. The highest BCUT2D eigenvalue weighted by molar-refractivity contribution is 5.15. The number of aromatic nitrogens is 3. The van der Waals surface area contributed by atoms with E-state index in [2.05, 4.69) is 39.0 Å². The first-order valence-electron chi connectivity index (χ1n) is 8.03. The molecule has 2 N–H and O–H groups in total. The summed E-state index contributed by atoms with van der Waals surface area (Å²) in [5, 5.41) is 8.40. The summed E-state index contributed by atoms with van der Waals surface area (Å²) in [7, 11) is 0. The van der Waals surface area contributed by atoms with Crippen LogP contribution < -0.4 is 5.73 Å². The predicted molar refractivity (Wildman–Crippen MR) is 83.8 cm³/mol. The molecular weight excluding hydrogens is 260 g/mol. The van der Waals surface area contributed by atoms with Gasteiger partial charge in [0.1, 0.15) is 12.2 Å². The molecule has 1 saturated carbocycles. The lowest BCUT2D eigenvalue weighted by Gasteiger charge is -2.25. The van der Waals surface area contributed by atoms with Crippen LogP contribution in [-0.4, -0.2) is 14.8 Å². The smallest absolute Gasteiger partial charge is 0.150 e. The molecule has 0 aliphatic heterocycles. The molecule has 4 heteroatoms. The molecule has 2 aromatic rings. The number of hydrogen-bond acceptors (Lipinski definition) is 3. The lowest BCUT2D eigenvalue weighted by molar-refractivity contribution is 0.338. The maximum Gasteiger partial charge on any atom is 0.150 e. The Kier molecular flexibility index (Phi) is 4.65. The van der Waals surface area contributed by atoms with Gasteiger partial charge >= 0.3 is 0 Å². The third-order valence-electron chi connectivity index (χ3n) is 4.49. The monoisotopic (exact) mass is 284 g/mol. The molecular formula is C17H24N4. The van der Waals surface area contributed by atoms with E-state index in [1.54, 1.807) is 0 Å². The van der Waals surface area contributed by atoms with E-state index in [-0.39, 0.29) is 6.04 Å². The highest BCUT2D eigenvalue weighted by atomic mass is 15.3. The number of nitrogens with two attached hydrogens (primary N) is 1. The van der Waals surface area contributed by atoms with Crippen molar-refractivity contribution in [2.24, 2.45) is 5.73 Å². The van der Waals surface area contributed by atoms with Crippen LogP contribution in [0, 0.1) is 0 Å². The summed E-state index contributed by atoms with van der Waals surface area (Å²) >= 11 is 0. The summed E-state index contributed by atoms with van der Waals surface area (Å²) in [4.78, 5) is 0. The third kappa shape index (κ3) is 3.50. The minimum atomic E-state index is -0.0327. The second kappa shape index (κ2) is 6.85. The molecule has 1 atom stereocenters. The second-order valence-corrected chi connectivity index (χ2v) is 6.02. The van der Waals surface area contributed by atoms with E-state index in [1.807, 2.05) is 12.4 Å². The van der Waals surface area contributed by atoms with Gasteiger partial charge in [-0.25, -0.2) is 0 Å². The molecule has 0 amide bonds. The largest absolute Gasteiger partial charge is 0.321 e. The summed E-state index contributed by atoms with van der Waals surface area (Å²) in [6, 6.07) is 11.0. The Balaban J connectivity index is 1.64. The van der Waals surface area contributed by atoms with Crippen LogP contribution in [0.3, 0.4) is 0 Å². The highest BCUT2D eigenvalue weighted by Crippen LogP contribution is 2.30. The molecule has 0 unspecified atom stereocenters. The second-order valence-electron chi connectivity index (χ2n) is 6.02. The van der Waals surface area contributed by atoms with E-state index in [4.69, 9.17) is 5.73 Å². The quantitative estimate of drug-likeness (QED) is 0.915. The first-order chi connectivity index (χ1) is 10.3. The van der Waals surface area contributed by atoms with Gasteiger partial charge in [0.2, 0.25) is 0 Å². The first kappa shape index (κ1) is 14.3. The molecule has 1 fully saturated rings. The molecule has 0 bridgehead atoms. The van der Waals surface area contributed by atoms with Gasteiger partial charge in [0.15, 0.2) is 0 Å². The molecule has 21 heavy (non-hydrogen) atoms. The average molecular weight is 284 g/mol. The number of nitrogens with zero attached hydrogens (tertiary/aromatic N) is 3. The zero-order chi connectivity index (χ0) is 14.5. The van der Waals surface area contributed by atoms with Crippen LogP contribution in [0.15, 0.2) is 36.7 Å². The summed E-state index contributed by atoms with van der Waals surface area (Å²) in [6.45, 7) is 0. The van der Waals surface area contributed by atoms with E-state index in [1.165, 1.54) is 37.7 Å². The Morgan fingerprint density at radius 1 is 1.14 bits per heavy atom. The Morgan fingerprint density at radius 3 is 2.67 bits per heavy atom. The van der Waals surface area contributed by atoms with E-state index >= 15 is 0 Å². The summed E-state index contributed by atoms with van der Waals surface area (Å²) in [6.07, 6.45) is 10.2. The zero-order valence-corrected chi connectivity index (χ0v) is 12.5. The van der Waals surface area contributed by atoms with Gasteiger partial charge in [0.05, 0.1) is 6.04 Å². The van der Waals surface area contributed by atoms with Crippen molar-refractivity contribution >= 4 is 0 Å². The van der Waals surface area contributed by atoms with Crippen LogP contribution in [0.4, 0.5) is 0 Å². The fraction of sp³-hybridized carbons (Fsp3) is 0.529. The van der Waals surface area contributed by atoms with Crippen molar-refractivity contribution < 1.29 is 0 Å². The molecule has 1 aromatic carbocycles. The number of aryl methyl sites for hydroxylation is 1. The molecule has 112 valence electrons. The van der Waals surface area contributed by atoms with Crippen LogP contribution in [0.25, 0.3) is 0 Å². The average Bonchev–Trinajstić information content (AvgIpc) is 3.04. The van der Waals surface area contributed by atoms with Crippen molar-refractivity contribution in [3.05, 3.63) is 48.0 Å². The van der Waals surface area contributed by atoms with Crippen LogP contribution in [0.2, 0.25) is 0 Å². The van der Waals surface area contributed by atoms with Gasteiger partial charge in [0.25, 0.3) is 0 Å². The van der Waals surface area contributed by atoms with Gasteiger partial charge in [-0.1, -0.05) is 49.6 Å². The van der Waals surface area contributed by atoms with Gasteiger partial charge in [-0.3, -0.25) is 0 Å². The zero-order valence-electron chi connectivity index (χ0n) is 12.5. The van der Waals surface area contributed by atoms with Crippen molar-refractivity contribution in [1.29, 1.82) is 0 Å². The molecule has 1 heterocycles. The fourth-order valence-corrected chi connectivity index (χ4v) is 3.25. The SMILES string of the molecule is N[C@@H](CCc1ccccc1)c1nncn1C1CCCCC1. The van der Waals surface area contributed by atoms with E-state index < -0.39 is 0 Å². The summed E-state index contributed by atoms with van der Waals surface area (Å²) < 4.78 is 2.23.